The largest absolute Gasteiger partial charge is 0.493 e. The lowest BCUT2D eigenvalue weighted by Gasteiger charge is -2.31. The first-order chi connectivity index (χ1) is 26.2. The Balaban J connectivity index is 2.12. The maximum Gasteiger partial charge on any atom is 0.410 e. The van der Waals surface area contributed by atoms with E-state index in [2.05, 4.69) is 16.0 Å². The minimum absolute atomic E-state index is 0.00747. The molecule has 1 saturated heterocycles. The van der Waals surface area contributed by atoms with Gasteiger partial charge >= 0.3 is 12.1 Å². The molecule has 9 N–H and O–H groups in total. The Morgan fingerprint density at radius 1 is 1.00 bits per heavy atom. The van der Waals surface area contributed by atoms with Gasteiger partial charge in [-0.3, -0.25) is 45.7 Å². The van der Waals surface area contributed by atoms with Gasteiger partial charge in [0.15, 0.2) is 11.5 Å². The third-order valence-electron chi connectivity index (χ3n) is 8.91. The van der Waals surface area contributed by atoms with Crippen LogP contribution in [0.15, 0.2) is 18.2 Å². The highest BCUT2D eigenvalue weighted by Gasteiger charge is 2.39. The van der Waals surface area contributed by atoms with Gasteiger partial charge in [0, 0.05) is 51.6 Å². The number of ether oxygens (including phenoxy) is 3. The van der Waals surface area contributed by atoms with Crippen LogP contribution in [0.3, 0.4) is 0 Å². The van der Waals surface area contributed by atoms with Gasteiger partial charge in [0.05, 0.1) is 18.9 Å². The molecule has 0 radical (unpaired) electrons. The highest BCUT2D eigenvalue weighted by Crippen LogP contribution is 2.33. The topological polar surface area (TPSA) is 268 Å². The van der Waals surface area contributed by atoms with E-state index in [1.54, 1.807) is 14.0 Å². The average molecular weight is 795 g/mol. The predicted molar refractivity (Wildman–Crippen MR) is 205 cm³/mol. The van der Waals surface area contributed by atoms with E-state index in [1.807, 2.05) is 13.8 Å². The number of rotatable bonds is 24. The third kappa shape index (κ3) is 15.3. The van der Waals surface area contributed by atoms with Crippen molar-refractivity contribution >= 4 is 53.4 Å². The molecule has 0 bridgehead atoms. The lowest BCUT2D eigenvalue weighted by molar-refractivity contribution is -0.149. The summed E-state index contributed by atoms with van der Waals surface area (Å²) in [6, 6.07) is 3.60. The average Bonchev–Trinajstić information content (AvgIpc) is 3.41. The molecule has 0 spiro atoms. The highest BCUT2D eigenvalue weighted by atomic mass is 32.2. The lowest BCUT2D eigenvalue weighted by atomic mass is 9.97. The third-order valence-corrected chi connectivity index (χ3v) is 10.1. The normalized spacial score (nSPS) is 15.6. The standard InChI is InChI=1S/C36H58N8O10S/c1-6-22(3)32(43(4)30(47)11-9-8-10-16-37)34(50)53-24-13-12-23(19-25(24)52-5)26(54-36(51)42-35(38)39)21-41-29(46)15-18-55-27-20-31(48)44(33(27)49)17-14-28(45)40-7-2/h12-13,19,22,26-27,32,35H,6-11,14-18,20-21,37-39H2,1-5H3,(H,40,45)(H,41,46)(H,42,51)/t22-,26?,27?,32-/m0/s1. The summed E-state index contributed by atoms with van der Waals surface area (Å²) >= 11 is 1.16. The number of benzene rings is 1. The number of methoxy groups -OCH3 is 1. The van der Waals surface area contributed by atoms with E-state index >= 15 is 0 Å². The van der Waals surface area contributed by atoms with Gasteiger partial charge in [-0.2, -0.15) is 0 Å². The van der Waals surface area contributed by atoms with E-state index in [9.17, 15) is 33.6 Å². The van der Waals surface area contributed by atoms with Crippen LogP contribution < -0.4 is 42.6 Å². The van der Waals surface area contributed by atoms with E-state index in [0.717, 1.165) is 29.5 Å². The molecule has 1 fully saturated rings. The number of esters is 1. The number of hydrogen-bond donors (Lipinski definition) is 6. The predicted octanol–water partition coefficient (Wildman–Crippen LogP) is 0.854. The van der Waals surface area contributed by atoms with Gasteiger partial charge in [0.1, 0.15) is 18.4 Å². The molecular weight excluding hydrogens is 737 g/mol. The number of carbonyl (C=O) groups is 7. The Morgan fingerprint density at radius 2 is 1.71 bits per heavy atom. The molecule has 1 aliphatic rings. The molecule has 6 amide bonds. The fraction of sp³-hybridized carbons (Fsp3) is 0.639. The van der Waals surface area contributed by atoms with Crippen molar-refractivity contribution in [2.75, 3.05) is 46.1 Å². The second-order valence-corrected chi connectivity index (χ2v) is 14.3. The summed E-state index contributed by atoms with van der Waals surface area (Å²) in [5.74, 6) is -2.11. The van der Waals surface area contributed by atoms with E-state index in [4.69, 9.17) is 31.4 Å². The molecule has 308 valence electrons. The first kappa shape index (κ1) is 46.7. The zero-order valence-corrected chi connectivity index (χ0v) is 33.2. The van der Waals surface area contributed by atoms with Gasteiger partial charge in [-0.25, -0.2) is 9.59 Å². The van der Waals surface area contributed by atoms with Crippen molar-refractivity contribution in [1.82, 2.24) is 25.8 Å². The molecule has 4 atom stereocenters. The Hall–Kier alpha value is -4.46. The number of likely N-dealkylation sites (tertiary alicyclic amines) is 1. The van der Waals surface area contributed by atoms with Crippen LogP contribution in [0.2, 0.25) is 0 Å². The van der Waals surface area contributed by atoms with Gasteiger partial charge in [0.2, 0.25) is 29.5 Å². The zero-order valence-electron chi connectivity index (χ0n) is 32.4. The van der Waals surface area contributed by atoms with Gasteiger partial charge in [-0.1, -0.05) is 32.8 Å². The van der Waals surface area contributed by atoms with E-state index in [-0.39, 0.29) is 79.7 Å². The molecule has 19 heteroatoms. The van der Waals surface area contributed by atoms with Crippen molar-refractivity contribution in [1.29, 1.82) is 0 Å². The van der Waals surface area contributed by atoms with Crippen molar-refractivity contribution in [3.05, 3.63) is 23.8 Å². The smallest absolute Gasteiger partial charge is 0.410 e. The number of alkyl carbamates (subject to hydrolysis) is 1. The number of hydrogen-bond acceptors (Lipinski definition) is 14. The van der Waals surface area contributed by atoms with Crippen molar-refractivity contribution in [3.63, 3.8) is 0 Å². The van der Waals surface area contributed by atoms with Crippen LogP contribution in [0.5, 0.6) is 11.5 Å². The van der Waals surface area contributed by atoms with Gasteiger partial charge in [-0.15, -0.1) is 11.8 Å². The minimum Gasteiger partial charge on any atom is -0.493 e. The van der Waals surface area contributed by atoms with Crippen LogP contribution in [0.1, 0.15) is 83.8 Å². The van der Waals surface area contributed by atoms with Crippen molar-refractivity contribution < 1.29 is 47.8 Å². The number of nitrogens with zero attached hydrogens (tertiary/aromatic N) is 2. The lowest BCUT2D eigenvalue weighted by Crippen LogP contribution is -2.49. The first-order valence-electron chi connectivity index (χ1n) is 18.5. The minimum atomic E-state index is -1.22. The van der Waals surface area contributed by atoms with Crippen LogP contribution >= 0.6 is 11.8 Å². The Labute approximate surface area is 326 Å². The van der Waals surface area contributed by atoms with E-state index < -0.39 is 47.6 Å². The van der Waals surface area contributed by atoms with Crippen LogP contribution in [-0.4, -0.2) is 115 Å². The molecule has 0 saturated carbocycles. The van der Waals surface area contributed by atoms with Crippen molar-refractivity contribution in [2.24, 2.45) is 23.1 Å². The number of nitrogens with two attached hydrogens (primary N) is 3. The number of nitrogens with one attached hydrogen (secondary N) is 3. The summed E-state index contributed by atoms with van der Waals surface area (Å²) < 4.78 is 16.8. The SMILES string of the molecule is CCNC(=O)CCN1C(=O)CC(SCCC(=O)NCC(OC(=O)NC(N)N)c2ccc(OC(=O)[C@H]([C@@H](C)CC)N(C)C(=O)CCCCCN)c(OC)c2)C1=O. The second-order valence-electron chi connectivity index (χ2n) is 13.0. The molecular formula is C36H58N8O10S. The number of amides is 6. The fourth-order valence-electron chi connectivity index (χ4n) is 5.69. The maximum absolute atomic E-state index is 13.6. The molecule has 0 aromatic heterocycles. The van der Waals surface area contributed by atoms with Crippen LogP contribution in [-0.2, 0) is 33.5 Å². The number of unbranched alkanes of at least 4 members (excludes halogenated alkanes) is 2. The van der Waals surface area contributed by atoms with Gasteiger partial charge in [0.25, 0.3) is 0 Å². The number of carbonyl (C=O) groups excluding carboxylic acids is 7. The van der Waals surface area contributed by atoms with Gasteiger partial charge in [-0.05, 0) is 49.9 Å². The number of thioether (sulfide) groups is 1. The van der Waals surface area contributed by atoms with Gasteiger partial charge < -0.3 is 35.5 Å². The Morgan fingerprint density at radius 3 is 2.35 bits per heavy atom. The van der Waals surface area contributed by atoms with Crippen LogP contribution in [0.4, 0.5) is 4.79 Å². The summed E-state index contributed by atoms with van der Waals surface area (Å²) in [5, 5.41) is 6.88. The summed E-state index contributed by atoms with van der Waals surface area (Å²) in [6.45, 7) is 6.33. The summed E-state index contributed by atoms with van der Waals surface area (Å²) in [6.07, 6.45) is -0.155. The Bertz CT molecular complexity index is 1480. The molecule has 0 aliphatic carbocycles. The second kappa shape index (κ2) is 24.1. The molecule has 1 heterocycles. The van der Waals surface area contributed by atoms with Crippen molar-refractivity contribution in [2.45, 2.75) is 95.8 Å². The summed E-state index contributed by atoms with van der Waals surface area (Å²) in [7, 11) is 2.94. The first-order valence-corrected chi connectivity index (χ1v) is 19.5. The quantitative estimate of drug-likeness (QED) is 0.0279. The number of likely N-dealkylation sites (N-methyl/N-ethyl adjacent to an activating group) is 1. The summed E-state index contributed by atoms with van der Waals surface area (Å²) in [4.78, 5) is 91.3. The van der Waals surface area contributed by atoms with Crippen LogP contribution in [0.25, 0.3) is 0 Å². The zero-order chi connectivity index (χ0) is 41.1. The number of imide groups is 1. The van der Waals surface area contributed by atoms with Crippen molar-refractivity contribution in [3.8, 4) is 11.5 Å². The molecule has 2 unspecified atom stereocenters. The molecule has 2 rings (SSSR count). The molecule has 1 aromatic carbocycles. The highest BCUT2D eigenvalue weighted by molar-refractivity contribution is 8.00. The monoisotopic (exact) mass is 794 g/mol. The fourth-order valence-corrected chi connectivity index (χ4v) is 6.81. The molecule has 1 aromatic rings. The maximum atomic E-state index is 13.6. The molecule has 1 aliphatic heterocycles. The van der Waals surface area contributed by atoms with E-state index in [1.165, 1.54) is 30.2 Å². The van der Waals surface area contributed by atoms with Crippen LogP contribution in [0, 0.1) is 5.92 Å². The van der Waals surface area contributed by atoms with E-state index in [0.29, 0.717) is 31.5 Å². The molecule has 55 heavy (non-hydrogen) atoms. The Kier molecular flexibility index (Phi) is 20.5. The summed E-state index contributed by atoms with van der Waals surface area (Å²) in [5.41, 5.74) is 16.9. The molecule has 18 nitrogen and oxygen atoms in total.